The Labute approximate surface area is 186 Å². The summed E-state index contributed by atoms with van der Waals surface area (Å²) >= 11 is 0. The summed E-state index contributed by atoms with van der Waals surface area (Å²) in [6, 6.07) is 20.0. The maximum atomic E-state index is 12.6. The highest BCUT2D eigenvalue weighted by atomic mass is 32.2. The standard InChI is InChI=1S/C24H20N2O5S/c1-31-24(28)20-9-3-6-17(14-20)12-13-18-7-4-10-21(15-18)25-23(27)19-8-5-11-22(16-19)26-32(2,29)30/h3-11,14-16,26H,1-2H3,(H,25,27). The third-order valence-electron chi connectivity index (χ3n) is 4.18. The molecule has 7 nitrogen and oxygen atoms in total. The SMILES string of the molecule is COC(=O)c1cccc(C#Cc2cccc(NC(=O)c3cccc(NS(C)(=O)=O)c3)c2)c1. The molecule has 2 N–H and O–H groups in total. The monoisotopic (exact) mass is 448 g/mol. The molecule has 162 valence electrons. The highest BCUT2D eigenvalue weighted by Crippen LogP contribution is 2.16. The van der Waals surface area contributed by atoms with E-state index in [4.69, 9.17) is 4.74 Å². The van der Waals surface area contributed by atoms with Gasteiger partial charge in [-0.2, -0.15) is 0 Å². The smallest absolute Gasteiger partial charge is 0.337 e. The zero-order valence-electron chi connectivity index (χ0n) is 17.4. The van der Waals surface area contributed by atoms with Gasteiger partial charge in [0.25, 0.3) is 5.91 Å². The van der Waals surface area contributed by atoms with Crippen LogP contribution in [0.15, 0.2) is 72.8 Å². The van der Waals surface area contributed by atoms with Crippen molar-refractivity contribution in [1.82, 2.24) is 0 Å². The van der Waals surface area contributed by atoms with E-state index in [1.165, 1.54) is 13.2 Å². The van der Waals surface area contributed by atoms with Crippen LogP contribution in [0, 0.1) is 11.8 Å². The first-order valence-corrected chi connectivity index (χ1v) is 11.3. The summed E-state index contributed by atoms with van der Waals surface area (Å²) in [5.41, 5.74) is 2.86. The van der Waals surface area contributed by atoms with Gasteiger partial charge in [0, 0.05) is 28.1 Å². The predicted molar refractivity (Wildman–Crippen MR) is 123 cm³/mol. The van der Waals surface area contributed by atoms with Crippen molar-refractivity contribution >= 4 is 33.3 Å². The molecule has 0 aliphatic rings. The lowest BCUT2D eigenvalue weighted by Crippen LogP contribution is -2.14. The van der Waals surface area contributed by atoms with E-state index in [1.54, 1.807) is 66.7 Å². The minimum atomic E-state index is -3.45. The number of nitrogens with one attached hydrogen (secondary N) is 2. The molecule has 0 radical (unpaired) electrons. The van der Waals surface area contributed by atoms with Gasteiger partial charge in [0.2, 0.25) is 10.0 Å². The molecule has 0 unspecified atom stereocenters. The van der Waals surface area contributed by atoms with Crippen molar-refractivity contribution in [3.63, 3.8) is 0 Å². The molecule has 0 saturated heterocycles. The van der Waals surface area contributed by atoms with Crippen LogP contribution < -0.4 is 10.0 Å². The van der Waals surface area contributed by atoms with E-state index in [0.717, 1.165) is 6.26 Å². The zero-order chi connectivity index (χ0) is 23.1. The van der Waals surface area contributed by atoms with Crippen LogP contribution in [0.4, 0.5) is 11.4 Å². The van der Waals surface area contributed by atoms with Gasteiger partial charge in [-0.25, -0.2) is 13.2 Å². The molecule has 0 heterocycles. The lowest BCUT2D eigenvalue weighted by molar-refractivity contribution is 0.0600. The summed E-state index contributed by atoms with van der Waals surface area (Å²) < 4.78 is 29.8. The van der Waals surface area contributed by atoms with Crippen LogP contribution in [0.2, 0.25) is 0 Å². The van der Waals surface area contributed by atoms with Gasteiger partial charge in [-0.15, -0.1) is 0 Å². The Hall–Kier alpha value is -4.09. The number of anilines is 2. The highest BCUT2D eigenvalue weighted by molar-refractivity contribution is 7.92. The maximum Gasteiger partial charge on any atom is 0.337 e. The third-order valence-corrected chi connectivity index (χ3v) is 4.79. The lowest BCUT2D eigenvalue weighted by Gasteiger charge is -2.08. The Morgan fingerprint density at radius 3 is 2.09 bits per heavy atom. The quantitative estimate of drug-likeness (QED) is 0.460. The van der Waals surface area contributed by atoms with Gasteiger partial charge < -0.3 is 10.1 Å². The van der Waals surface area contributed by atoms with Gasteiger partial charge in [0.15, 0.2) is 0 Å². The van der Waals surface area contributed by atoms with Crippen molar-refractivity contribution in [2.75, 3.05) is 23.4 Å². The van der Waals surface area contributed by atoms with Gasteiger partial charge in [0.1, 0.15) is 0 Å². The van der Waals surface area contributed by atoms with Gasteiger partial charge in [-0.05, 0) is 54.6 Å². The van der Waals surface area contributed by atoms with Crippen molar-refractivity contribution in [2.24, 2.45) is 0 Å². The number of ether oxygens (including phenoxy) is 1. The Morgan fingerprint density at radius 1 is 0.812 bits per heavy atom. The average Bonchev–Trinajstić information content (AvgIpc) is 2.76. The van der Waals surface area contributed by atoms with Crippen LogP contribution in [-0.2, 0) is 14.8 Å². The number of hydrogen-bond donors (Lipinski definition) is 2. The molecular weight excluding hydrogens is 428 g/mol. The Bertz CT molecular complexity index is 1340. The van der Waals surface area contributed by atoms with E-state index in [0.29, 0.717) is 33.6 Å². The minimum Gasteiger partial charge on any atom is -0.465 e. The fourth-order valence-electron chi connectivity index (χ4n) is 2.80. The second kappa shape index (κ2) is 9.81. The van der Waals surface area contributed by atoms with Crippen molar-refractivity contribution in [3.8, 4) is 11.8 Å². The van der Waals surface area contributed by atoms with Crippen molar-refractivity contribution in [3.05, 3.63) is 95.1 Å². The molecule has 3 aromatic carbocycles. The first-order valence-electron chi connectivity index (χ1n) is 9.43. The first-order chi connectivity index (χ1) is 15.2. The summed E-state index contributed by atoms with van der Waals surface area (Å²) in [5.74, 6) is 5.16. The van der Waals surface area contributed by atoms with Gasteiger partial charge >= 0.3 is 5.97 Å². The van der Waals surface area contributed by atoms with Crippen LogP contribution in [0.5, 0.6) is 0 Å². The Balaban J connectivity index is 1.75. The van der Waals surface area contributed by atoms with Crippen LogP contribution >= 0.6 is 0 Å². The Kier molecular flexibility index (Phi) is 6.93. The van der Waals surface area contributed by atoms with Gasteiger partial charge in [0.05, 0.1) is 18.9 Å². The number of sulfonamides is 1. The molecule has 3 rings (SSSR count). The maximum absolute atomic E-state index is 12.6. The molecule has 0 spiro atoms. The molecule has 1 amide bonds. The minimum absolute atomic E-state index is 0.300. The molecule has 0 aliphatic carbocycles. The topological polar surface area (TPSA) is 102 Å². The summed E-state index contributed by atoms with van der Waals surface area (Å²) in [6.07, 6.45) is 1.04. The van der Waals surface area contributed by atoms with Crippen LogP contribution in [0.1, 0.15) is 31.8 Å². The Morgan fingerprint density at radius 2 is 1.41 bits per heavy atom. The van der Waals surface area contributed by atoms with E-state index in [-0.39, 0.29) is 0 Å². The summed E-state index contributed by atoms with van der Waals surface area (Å²) in [4.78, 5) is 24.2. The molecule has 0 saturated carbocycles. The number of rotatable bonds is 5. The lowest BCUT2D eigenvalue weighted by atomic mass is 10.1. The zero-order valence-corrected chi connectivity index (χ0v) is 18.2. The summed E-state index contributed by atoms with van der Waals surface area (Å²) in [6.45, 7) is 0. The third kappa shape index (κ3) is 6.45. The van der Waals surface area contributed by atoms with Crippen molar-refractivity contribution in [2.45, 2.75) is 0 Å². The van der Waals surface area contributed by atoms with E-state index < -0.39 is 21.9 Å². The molecule has 0 atom stereocenters. The second-order valence-electron chi connectivity index (χ2n) is 6.81. The number of benzene rings is 3. The number of hydrogen-bond acceptors (Lipinski definition) is 5. The van der Waals surface area contributed by atoms with Crippen molar-refractivity contribution in [1.29, 1.82) is 0 Å². The predicted octanol–water partition coefficient (Wildman–Crippen LogP) is 3.50. The molecule has 32 heavy (non-hydrogen) atoms. The van der Waals surface area contributed by atoms with Gasteiger partial charge in [-0.3, -0.25) is 9.52 Å². The van der Waals surface area contributed by atoms with E-state index >= 15 is 0 Å². The average molecular weight is 449 g/mol. The number of esters is 1. The molecular formula is C24H20N2O5S. The number of amides is 1. The summed E-state index contributed by atoms with van der Waals surface area (Å²) in [5, 5.41) is 2.77. The van der Waals surface area contributed by atoms with Crippen molar-refractivity contribution < 1.29 is 22.7 Å². The highest BCUT2D eigenvalue weighted by Gasteiger charge is 2.09. The fraction of sp³-hybridized carbons (Fsp3) is 0.0833. The largest absolute Gasteiger partial charge is 0.465 e. The van der Waals surface area contributed by atoms with Crippen LogP contribution in [0.25, 0.3) is 0 Å². The number of methoxy groups -OCH3 is 1. The molecule has 0 aromatic heterocycles. The van der Waals surface area contributed by atoms with Crippen LogP contribution in [-0.4, -0.2) is 33.7 Å². The number of carbonyl (C=O) groups excluding carboxylic acids is 2. The van der Waals surface area contributed by atoms with E-state index in [2.05, 4.69) is 21.9 Å². The second-order valence-corrected chi connectivity index (χ2v) is 8.56. The molecule has 0 aliphatic heterocycles. The molecule has 0 fully saturated rings. The number of carbonyl (C=O) groups is 2. The fourth-order valence-corrected chi connectivity index (χ4v) is 3.36. The normalized spacial score (nSPS) is 10.4. The van der Waals surface area contributed by atoms with E-state index in [9.17, 15) is 18.0 Å². The molecule has 8 heteroatoms. The van der Waals surface area contributed by atoms with Gasteiger partial charge in [-0.1, -0.05) is 30.0 Å². The summed E-state index contributed by atoms with van der Waals surface area (Å²) in [7, 11) is -2.13. The molecule has 3 aromatic rings. The molecule has 0 bridgehead atoms. The van der Waals surface area contributed by atoms with E-state index in [1.807, 2.05) is 0 Å². The van der Waals surface area contributed by atoms with Crippen LogP contribution in [0.3, 0.4) is 0 Å². The first kappa shape index (κ1) is 22.6.